The number of hydrogen-bond donors (Lipinski definition) is 0. The second-order valence-electron chi connectivity index (χ2n) is 23.5. The molecule has 0 bridgehead atoms. The molecule has 3 fully saturated rings. The lowest BCUT2D eigenvalue weighted by Gasteiger charge is -2.41. The third-order valence-electron chi connectivity index (χ3n) is 17.5. The molecule has 1 aromatic heterocycles. The van der Waals surface area contributed by atoms with Gasteiger partial charge in [0, 0.05) is 108 Å². The molecule has 1 spiro atoms. The molecular formula is C70H95N5. The second kappa shape index (κ2) is 21.1. The van der Waals surface area contributed by atoms with Gasteiger partial charge >= 0.3 is 0 Å². The summed E-state index contributed by atoms with van der Waals surface area (Å²) in [5, 5.41) is 0. The molecule has 6 aromatic rings. The molecule has 2 saturated heterocycles. The quantitative estimate of drug-likeness (QED) is 0.175. The Morgan fingerprint density at radius 1 is 0.440 bits per heavy atom. The van der Waals surface area contributed by atoms with Crippen molar-refractivity contribution in [3.63, 3.8) is 0 Å². The molecule has 1 saturated carbocycles. The van der Waals surface area contributed by atoms with Crippen molar-refractivity contribution in [2.24, 2.45) is 10.8 Å². The fraction of sp³-hybridized carbons (Fsp3) is 0.500. The number of pyridine rings is 1. The zero-order valence-corrected chi connectivity index (χ0v) is 47.4. The Balaban J connectivity index is 0.000000157. The molecular weight excluding hydrogens is 911 g/mol. The van der Waals surface area contributed by atoms with Gasteiger partial charge in [0.1, 0.15) is 5.82 Å². The molecule has 6 unspecified atom stereocenters. The summed E-state index contributed by atoms with van der Waals surface area (Å²) in [6.45, 7) is 16.7. The number of hydrogen-bond acceptors (Lipinski definition) is 5. The number of benzene rings is 5. The van der Waals surface area contributed by atoms with E-state index in [-0.39, 0.29) is 23.5 Å². The molecule has 5 aliphatic rings. The lowest BCUT2D eigenvalue weighted by Crippen LogP contribution is -2.44. The van der Waals surface area contributed by atoms with Crippen LogP contribution < -0.4 is 19.6 Å². The molecule has 0 amide bonds. The first-order chi connectivity index (χ1) is 41.9. The Morgan fingerprint density at radius 3 is 1.35 bits per heavy atom. The van der Waals surface area contributed by atoms with Crippen LogP contribution in [0.3, 0.4) is 0 Å². The van der Waals surface area contributed by atoms with Crippen molar-refractivity contribution in [2.75, 3.05) is 19.6 Å². The Morgan fingerprint density at radius 2 is 0.853 bits per heavy atom. The Kier molecular flexibility index (Phi) is 10.7. The first-order valence-corrected chi connectivity index (χ1v) is 27.3. The van der Waals surface area contributed by atoms with Crippen LogP contribution in [-0.4, -0.2) is 40.2 Å². The van der Waals surface area contributed by atoms with Crippen molar-refractivity contribution >= 4 is 34.3 Å². The molecule has 5 heteroatoms. The highest BCUT2D eigenvalue weighted by Crippen LogP contribution is 2.56. The number of fused-ring (bicyclic) bond motifs is 2. The number of nitrogens with zero attached hydrogens (tertiary/aromatic N) is 5. The minimum Gasteiger partial charge on any atom is -0.363 e. The van der Waals surface area contributed by atoms with E-state index in [2.05, 4.69) is 90.7 Å². The van der Waals surface area contributed by atoms with Gasteiger partial charge in [-0.15, -0.1) is 0 Å². The first-order valence-electron chi connectivity index (χ1n) is 35.3. The third-order valence-corrected chi connectivity index (χ3v) is 17.5. The van der Waals surface area contributed by atoms with Gasteiger partial charge in [-0.05, 0) is 184 Å². The Hall–Kier alpha value is -5.55. The molecule has 5 heterocycles. The fourth-order valence-electron chi connectivity index (χ4n) is 13.0. The minimum atomic E-state index is -3.00. The van der Waals surface area contributed by atoms with Gasteiger partial charge in [0.15, 0.2) is 0 Å². The summed E-state index contributed by atoms with van der Waals surface area (Å²) in [5.41, 5.74) is 4.62. The molecule has 6 atom stereocenters. The summed E-state index contributed by atoms with van der Waals surface area (Å²) in [5.74, 6) is 0.753. The highest BCUT2D eigenvalue weighted by molar-refractivity contribution is 5.76. The van der Waals surface area contributed by atoms with Gasteiger partial charge in [0.05, 0.1) is 0 Å². The van der Waals surface area contributed by atoms with E-state index in [1.165, 1.54) is 37.4 Å². The van der Waals surface area contributed by atoms with Crippen LogP contribution in [0.5, 0.6) is 0 Å². The van der Waals surface area contributed by atoms with E-state index >= 15 is 0 Å². The molecule has 5 nitrogen and oxygen atoms in total. The van der Waals surface area contributed by atoms with Gasteiger partial charge < -0.3 is 19.6 Å². The number of aromatic nitrogens is 1. The molecule has 75 heavy (non-hydrogen) atoms. The summed E-state index contributed by atoms with van der Waals surface area (Å²) in [6, 6.07) is 42.3. The second-order valence-corrected chi connectivity index (χ2v) is 23.5. The van der Waals surface area contributed by atoms with Crippen LogP contribution in [0.25, 0.3) is 0 Å². The van der Waals surface area contributed by atoms with Gasteiger partial charge in [-0.25, -0.2) is 4.98 Å². The highest BCUT2D eigenvalue weighted by atomic mass is 15.3. The van der Waals surface area contributed by atoms with Gasteiger partial charge in [-0.3, -0.25) is 0 Å². The largest absolute Gasteiger partial charge is 0.363 e. The average Bonchev–Trinajstić information content (AvgIpc) is 1.52. The van der Waals surface area contributed by atoms with E-state index in [0.29, 0.717) is 5.69 Å². The van der Waals surface area contributed by atoms with Crippen LogP contribution in [-0.2, 0) is 10.8 Å². The van der Waals surface area contributed by atoms with E-state index in [0.717, 1.165) is 63.5 Å². The van der Waals surface area contributed by atoms with Crippen LogP contribution >= 0.6 is 0 Å². The van der Waals surface area contributed by atoms with Gasteiger partial charge in [0.25, 0.3) is 0 Å². The summed E-state index contributed by atoms with van der Waals surface area (Å²) < 4.78 is 132. The Labute approximate surface area is 478 Å². The summed E-state index contributed by atoms with van der Waals surface area (Å²) in [4.78, 5) is 12.8. The van der Waals surface area contributed by atoms with Gasteiger partial charge in [-0.1, -0.05) is 158 Å². The lowest BCUT2D eigenvalue weighted by atomic mass is 9.68. The van der Waals surface area contributed by atoms with E-state index in [9.17, 15) is 0 Å². The standard InChI is InChI=1S/C19H29N.C18H21N.C17H20N2.C16H25N/c1-15-10-6-7-11-17(15)20-16(2)19(14-18(20,3)4)12-8-5-9-13-19;1-13-9-5-7-11-16(13)19-14(2)18(3,4)15-10-6-8-12-17(15)19;1-12-8-5-6-10-15(12)19-13(2)17(3,4)14-9-7-11-18-16(14)19;1-12-9-7-8-10-14(12)17-13(2)15(3,4)11-16(17,5)6/h6-7,10-11,16H,5,8-9,12-14H2,1-4H3;5-12,14H,1-4H3;5-11,13H,1-4H3;7-10,13H,11H2,1-6H3/i14D2;2*3D3;3D3,4D3,11D2. The SMILES string of the molecule is [2H]C([2H])([2H])C1(C([2H])([2H])[2H])C(C)N(c2ccccc2C)C(C)(C)C1([2H])[2H].[2H]C([2H])([2H])C1(C)c2ccccc2N(c2ccccc2C)C1C.[2H]C([2H])([2H])C1(C)c2cccnc2N(c2ccccc2C)C1C.[2H]C1([2H])C2(CCCCC2)C(C)N(c2ccccc2C)C1(C)C. The topological polar surface area (TPSA) is 25.9 Å². The van der Waals surface area contributed by atoms with Gasteiger partial charge in [0.2, 0.25) is 0 Å². The van der Waals surface area contributed by atoms with E-state index in [1.807, 2.05) is 126 Å². The van der Waals surface area contributed by atoms with Crippen molar-refractivity contribution in [2.45, 2.75) is 215 Å². The Bertz CT molecular complexity index is 3430. The summed E-state index contributed by atoms with van der Waals surface area (Å²) in [6.07, 6.45) is 3.70. The van der Waals surface area contributed by atoms with E-state index in [1.54, 1.807) is 37.1 Å². The maximum Gasteiger partial charge on any atom is 0.137 e. The van der Waals surface area contributed by atoms with Crippen molar-refractivity contribution in [3.8, 4) is 0 Å². The average molecular weight is 1020 g/mol. The van der Waals surface area contributed by atoms with Crippen LogP contribution in [0.2, 0.25) is 0 Å². The number of anilines is 6. The maximum atomic E-state index is 9.04. The zero-order chi connectivity index (χ0) is 68.1. The van der Waals surface area contributed by atoms with Crippen LogP contribution in [0.1, 0.15) is 197 Å². The van der Waals surface area contributed by atoms with Crippen LogP contribution in [0.15, 0.2) is 140 Å². The first kappa shape index (κ1) is 38.1. The van der Waals surface area contributed by atoms with Crippen LogP contribution in [0, 0.1) is 38.5 Å². The number of aryl methyl sites for hydroxylation is 4. The van der Waals surface area contributed by atoms with Crippen molar-refractivity contribution in [1.82, 2.24) is 4.98 Å². The molecule has 1 aliphatic carbocycles. The molecule has 4 aliphatic heterocycles. The molecule has 0 radical (unpaired) electrons. The number of rotatable bonds is 4. The van der Waals surface area contributed by atoms with Crippen molar-refractivity contribution in [3.05, 3.63) is 173 Å². The van der Waals surface area contributed by atoms with Gasteiger partial charge in [-0.2, -0.15) is 0 Å². The normalized spacial score (nSPS) is 31.5. The fourth-order valence-corrected chi connectivity index (χ4v) is 13.0. The van der Waals surface area contributed by atoms with E-state index < -0.39 is 73.5 Å². The minimum absolute atomic E-state index is 0.140. The maximum absolute atomic E-state index is 9.04. The van der Waals surface area contributed by atoms with Crippen molar-refractivity contribution < 1.29 is 21.9 Å². The molecule has 5 aromatic carbocycles. The molecule has 400 valence electrons. The lowest BCUT2D eigenvalue weighted by molar-refractivity contribution is 0.170. The van der Waals surface area contributed by atoms with Crippen LogP contribution in [0.4, 0.5) is 34.3 Å². The summed E-state index contributed by atoms with van der Waals surface area (Å²) >= 11 is 0. The molecule has 11 rings (SSSR count). The van der Waals surface area contributed by atoms with Crippen molar-refractivity contribution in [1.29, 1.82) is 0 Å². The monoisotopic (exact) mass is 1020 g/mol. The smallest absolute Gasteiger partial charge is 0.137 e. The predicted octanol–water partition coefficient (Wildman–Crippen LogP) is 18.7. The molecule has 0 N–H and O–H groups in total. The van der Waals surface area contributed by atoms with E-state index in [4.69, 9.17) is 21.9 Å². The summed E-state index contributed by atoms with van der Waals surface area (Å²) in [7, 11) is 0. The predicted molar refractivity (Wildman–Crippen MR) is 325 cm³/mol. The third kappa shape index (κ3) is 10.4. The zero-order valence-electron chi connectivity index (χ0n) is 63.4. The highest BCUT2D eigenvalue weighted by Gasteiger charge is 2.54. The number of para-hydroxylation sites is 5.